The van der Waals surface area contributed by atoms with Crippen LogP contribution in [0.25, 0.3) is 0 Å². The van der Waals surface area contributed by atoms with E-state index in [9.17, 15) is 9.59 Å². The number of hydrogen-bond donors (Lipinski definition) is 0. The summed E-state index contributed by atoms with van der Waals surface area (Å²) >= 11 is 0. The van der Waals surface area contributed by atoms with E-state index < -0.39 is 23.1 Å². The predicted molar refractivity (Wildman–Crippen MR) is 225 cm³/mol. The number of rotatable bonds is 18. The highest BCUT2D eigenvalue weighted by molar-refractivity contribution is 6.25. The molecular weight excluding hydrogens is 785 g/mol. The van der Waals surface area contributed by atoms with Crippen LogP contribution >= 0.6 is 0 Å². The molecule has 0 saturated heterocycles. The third kappa shape index (κ3) is 8.00. The van der Waals surface area contributed by atoms with Gasteiger partial charge in [-0.2, -0.15) is 0 Å². The van der Waals surface area contributed by atoms with Gasteiger partial charge in [0.05, 0.1) is 68.0 Å². The largest absolute Gasteiger partial charge is 0.496 e. The molecule has 0 unspecified atom stereocenters. The van der Waals surface area contributed by atoms with Crippen LogP contribution in [0.15, 0.2) is 109 Å². The molecule has 0 amide bonds. The molecule has 0 aliphatic rings. The first-order valence-corrected chi connectivity index (χ1v) is 18.6. The van der Waals surface area contributed by atoms with Gasteiger partial charge in [-0.1, -0.05) is 48.5 Å². The van der Waals surface area contributed by atoms with Gasteiger partial charge in [-0.3, -0.25) is 19.2 Å². The van der Waals surface area contributed by atoms with Crippen molar-refractivity contribution in [1.82, 2.24) is 0 Å². The van der Waals surface area contributed by atoms with E-state index in [1.165, 1.54) is 93.3 Å². The molecule has 0 aliphatic carbocycles. The minimum absolute atomic E-state index is 0.0214. The van der Waals surface area contributed by atoms with Crippen molar-refractivity contribution in [3.63, 3.8) is 0 Å². The Morgan fingerprint density at radius 2 is 0.459 bits per heavy atom. The second-order valence-electron chi connectivity index (χ2n) is 12.9. The molecule has 0 spiro atoms. The number of carbonyl (C=O) groups is 4. The van der Waals surface area contributed by atoms with Crippen molar-refractivity contribution >= 4 is 23.1 Å². The zero-order valence-corrected chi connectivity index (χ0v) is 34.7. The molecule has 0 fully saturated rings. The van der Waals surface area contributed by atoms with Crippen LogP contribution in [0.5, 0.6) is 57.5 Å². The van der Waals surface area contributed by atoms with Crippen LogP contribution in [0.2, 0.25) is 0 Å². The highest BCUT2D eigenvalue weighted by atomic mass is 16.5. The summed E-state index contributed by atoms with van der Waals surface area (Å²) in [7, 11) is 11.2. The molecular formula is C48H42O13. The van der Waals surface area contributed by atoms with Gasteiger partial charge in [0, 0.05) is 11.1 Å². The number of benzene rings is 6. The maximum atomic E-state index is 15.2. The first-order valence-electron chi connectivity index (χ1n) is 18.6. The molecule has 0 N–H and O–H groups in total. The standard InChI is InChI=1S/C48H42O13/c1-53-29-17-11-18-30(54-2)41(29)45(49)27-15-9-25-37(39(27)47(51)43-33(57-5)21-13-22-34(43)58-6)61-38-26-10-16-28(46(50)42-31(55-3)19-12-20-32(42)56-4)40(38)48(52)44-35(59-7)23-14-24-36(44)60-8/h9-26H,1-8H3. The van der Waals surface area contributed by atoms with E-state index >= 15 is 9.59 Å². The summed E-state index contributed by atoms with van der Waals surface area (Å²) in [4.78, 5) is 59.9. The van der Waals surface area contributed by atoms with Crippen molar-refractivity contribution in [2.24, 2.45) is 0 Å². The summed E-state index contributed by atoms with van der Waals surface area (Å²) in [5, 5.41) is 0. The van der Waals surface area contributed by atoms with Crippen LogP contribution in [0, 0.1) is 0 Å². The molecule has 6 rings (SSSR count). The summed E-state index contributed by atoms with van der Waals surface area (Å²) in [6.07, 6.45) is 0. The lowest BCUT2D eigenvalue weighted by Gasteiger charge is -2.21. The first-order chi connectivity index (χ1) is 29.6. The van der Waals surface area contributed by atoms with Gasteiger partial charge in [0.25, 0.3) is 0 Å². The highest BCUT2D eigenvalue weighted by Crippen LogP contribution is 2.42. The molecule has 0 aromatic heterocycles. The molecule has 0 atom stereocenters. The summed E-state index contributed by atoms with van der Waals surface area (Å²) in [6, 6.07) is 28.1. The average Bonchev–Trinajstić information content (AvgIpc) is 3.31. The van der Waals surface area contributed by atoms with Gasteiger partial charge in [-0.25, -0.2) is 0 Å². The van der Waals surface area contributed by atoms with E-state index in [0.29, 0.717) is 0 Å². The number of ether oxygens (including phenoxy) is 9. The third-order valence-electron chi connectivity index (χ3n) is 9.84. The van der Waals surface area contributed by atoms with Crippen molar-refractivity contribution < 1.29 is 61.8 Å². The number of carbonyl (C=O) groups excluding carboxylic acids is 4. The van der Waals surface area contributed by atoms with Gasteiger partial charge in [-0.05, 0) is 60.7 Å². The van der Waals surface area contributed by atoms with Crippen molar-refractivity contribution in [2.45, 2.75) is 0 Å². The number of ketones is 4. The Bertz CT molecular complexity index is 2380. The molecule has 0 heterocycles. The molecule has 13 nitrogen and oxygen atoms in total. The molecule has 0 bridgehead atoms. The molecule has 0 saturated carbocycles. The maximum absolute atomic E-state index is 15.2. The maximum Gasteiger partial charge on any atom is 0.205 e. The second kappa shape index (κ2) is 18.9. The zero-order valence-electron chi connectivity index (χ0n) is 34.7. The minimum atomic E-state index is -0.729. The van der Waals surface area contributed by atoms with Gasteiger partial charge in [0.15, 0.2) is 0 Å². The van der Waals surface area contributed by atoms with E-state index in [-0.39, 0.29) is 102 Å². The normalized spacial score (nSPS) is 10.6. The van der Waals surface area contributed by atoms with E-state index in [1.54, 1.807) is 72.8 Å². The molecule has 13 heteroatoms. The van der Waals surface area contributed by atoms with Gasteiger partial charge in [0.2, 0.25) is 23.1 Å². The van der Waals surface area contributed by atoms with Crippen LogP contribution in [0.4, 0.5) is 0 Å². The summed E-state index contributed by atoms with van der Waals surface area (Å²) < 4.78 is 51.4. The van der Waals surface area contributed by atoms with Gasteiger partial charge >= 0.3 is 0 Å². The fourth-order valence-electron chi connectivity index (χ4n) is 7.02. The van der Waals surface area contributed by atoms with E-state index in [4.69, 9.17) is 42.6 Å². The first kappa shape index (κ1) is 42.8. The van der Waals surface area contributed by atoms with Gasteiger partial charge in [0.1, 0.15) is 79.7 Å². The Morgan fingerprint density at radius 3 is 0.689 bits per heavy atom. The highest BCUT2D eigenvalue weighted by Gasteiger charge is 2.34. The van der Waals surface area contributed by atoms with Crippen molar-refractivity contribution in [2.75, 3.05) is 56.9 Å². The smallest absolute Gasteiger partial charge is 0.205 e. The lowest BCUT2D eigenvalue weighted by molar-refractivity contribution is 0.0992. The SMILES string of the molecule is COc1cccc(OC)c1C(=O)c1cccc(Oc2cccc(C(=O)c3c(OC)cccc3OC)c2C(=O)c2c(OC)cccc2OC)c1C(=O)c1c(OC)cccc1OC. The Kier molecular flexibility index (Phi) is 13.2. The minimum Gasteiger partial charge on any atom is -0.496 e. The molecule has 6 aromatic carbocycles. The molecule has 61 heavy (non-hydrogen) atoms. The summed E-state index contributed by atoms with van der Waals surface area (Å²) in [6.45, 7) is 0. The lowest BCUT2D eigenvalue weighted by Crippen LogP contribution is -2.17. The fourth-order valence-corrected chi connectivity index (χ4v) is 7.02. The monoisotopic (exact) mass is 826 g/mol. The van der Waals surface area contributed by atoms with E-state index in [0.717, 1.165) is 0 Å². The van der Waals surface area contributed by atoms with E-state index in [2.05, 4.69) is 0 Å². The Morgan fingerprint density at radius 1 is 0.262 bits per heavy atom. The predicted octanol–water partition coefficient (Wildman–Crippen LogP) is 8.47. The van der Waals surface area contributed by atoms with Crippen molar-refractivity contribution in [3.05, 3.63) is 154 Å². The van der Waals surface area contributed by atoms with Crippen LogP contribution in [0.3, 0.4) is 0 Å². The Labute approximate surface area is 352 Å². The van der Waals surface area contributed by atoms with Crippen LogP contribution in [-0.2, 0) is 0 Å². The lowest BCUT2D eigenvalue weighted by atomic mass is 9.90. The quantitative estimate of drug-likeness (QED) is 0.0763. The van der Waals surface area contributed by atoms with Crippen molar-refractivity contribution in [3.8, 4) is 57.5 Å². The topological polar surface area (TPSA) is 151 Å². The zero-order chi connectivity index (χ0) is 43.8. The molecule has 0 radical (unpaired) electrons. The third-order valence-corrected chi connectivity index (χ3v) is 9.84. The van der Waals surface area contributed by atoms with Crippen LogP contribution in [-0.4, -0.2) is 80.0 Å². The molecule has 0 aliphatic heterocycles. The van der Waals surface area contributed by atoms with Gasteiger partial charge in [-0.15, -0.1) is 0 Å². The van der Waals surface area contributed by atoms with E-state index in [1.807, 2.05) is 0 Å². The molecule has 312 valence electrons. The van der Waals surface area contributed by atoms with Crippen LogP contribution < -0.4 is 42.6 Å². The van der Waals surface area contributed by atoms with Gasteiger partial charge < -0.3 is 42.6 Å². The number of methoxy groups -OCH3 is 8. The Hall–Kier alpha value is -7.80. The van der Waals surface area contributed by atoms with Crippen molar-refractivity contribution in [1.29, 1.82) is 0 Å². The average molecular weight is 827 g/mol. The molecule has 6 aromatic rings. The second-order valence-corrected chi connectivity index (χ2v) is 12.9. The Balaban J connectivity index is 1.68. The summed E-state index contributed by atoms with van der Waals surface area (Å²) in [5.74, 6) is -1.80. The van der Waals surface area contributed by atoms with Crippen LogP contribution in [0.1, 0.15) is 63.7 Å². The number of hydrogen-bond acceptors (Lipinski definition) is 13. The summed E-state index contributed by atoms with van der Waals surface area (Å²) in [5.41, 5.74) is -0.698. The fraction of sp³-hybridized carbons (Fsp3) is 0.167.